The Kier molecular flexibility index (Phi) is 8.26. The van der Waals surface area contributed by atoms with Gasteiger partial charge in [-0.1, -0.05) is 41.4 Å². The van der Waals surface area contributed by atoms with Crippen molar-refractivity contribution in [3.05, 3.63) is 87.4 Å². The monoisotopic (exact) mass is 642 g/mol. The molecule has 44 heavy (non-hydrogen) atoms. The van der Waals surface area contributed by atoms with E-state index in [1.54, 1.807) is 36.4 Å². The molecule has 2 fully saturated rings. The molecule has 4 aromatic rings. The average molecular weight is 644 g/mol. The zero-order valence-corrected chi connectivity index (χ0v) is 25.5. The van der Waals surface area contributed by atoms with Gasteiger partial charge < -0.3 is 14.8 Å². The van der Waals surface area contributed by atoms with Gasteiger partial charge in [-0.3, -0.25) is 9.69 Å². The molecule has 1 aliphatic heterocycles. The van der Waals surface area contributed by atoms with Crippen molar-refractivity contribution in [3.8, 4) is 5.88 Å². The van der Waals surface area contributed by atoms with E-state index in [0.29, 0.717) is 40.5 Å². The minimum Gasteiger partial charge on any atom is -0.476 e. The molecule has 1 saturated carbocycles. The number of carbonyl (C=O) groups excluding carboxylic acids is 2. The number of hydrogen-bond acceptors (Lipinski definition) is 6. The summed E-state index contributed by atoms with van der Waals surface area (Å²) >= 11 is 12.4. The molecule has 12 heteroatoms. The van der Waals surface area contributed by atoms with Crippen LogP contribution < -0.4 is 10.1 Å². The Balaban J connectivity index is 1.36. The molecule has 2 N–H and O–H groups in total. The summed E-state index contributed by atoms with van der Waals surface area (Å²) in [6.45, 7) is 2.54. The molecule has 6 rings (SSSR count). The summed E-state index contributed by atoms with van der Waals surface area (Å²) < 4.78 is 41.0. The number of likely N-dealkylation sites (tertiary alicyclic amines) is 1. The molecule has 2 aliphatic rings. The van der Waals surface area contributed by atoms with Crippen molar-refractivity contribution in [3.63, 3.8) is 0 Å². The van der Waals surface area contributed by atoms with Crippen LogP contribution in [0.1, 0.15) is 48.0 Å². The zero-order chi connectivity index (χ0) is 31.2. The number of aromatic amines is 1. The molecule has 1 aromatic heterocycles. The quantitative estimate of drug-likeness (QED) is 0.191. The molecule has 0 radical (unpaired) electrons. The van der Waals surface area contributed by atoms with Crippen LogP contribution in [-0.4, -0.2) is 58.8 Å². The number of H-pyrrole nitrogens is 1. The fraction of sp³-hybridized carbons (Fsp3) is 0.344. The number of esters is 1. The first-order valence-electron chi connectivity index (χ1n) is 14.3. The van der Waals surface area contributed by atoms with E-state index in [1.165, 1.54) is 19.2 Å². The highest BCUT2D eigenvalue weighted by Gasteiger charge is 2.57. The van der Waals surface area contributed by atoms with Gasteiger partial charge in [-0.05, 0) is 68.0 Å². The number of ether oxygens (including phenoxy) is 2. The largest absolute Gasteiger partial charge is 0.476 e. The van der Waals surface area contributed by atoms with Crippen LogP contribution in [0.15, 0.2) is 54.6 Å². The van der Waals surface area contributed by atoms with Crippen LogP contribution in [0.25, 0.3) is 10.9 Å². The molecule has 0 spiro atoms. The summed E-state index contributed by atoms with van der Waals surface area (Å²) in [5.41, 5.74) is -0.297. The highest BCUT2D eigenvalue weighted by atomic mass is 35.5. The number of benzene rings is 3. The van der Waals surface area contributed by atoms with Gasteiger partial charge in [0.05, 0.1) is 28.6 Å². The van der Waals surface area contributed by atoms with Gasteiger partial charge in [0.15, 0.2) is 0 Å². The Morgan fingerprint density at radius 1 is 1.14 bits per heavy atom. The first kappa shape index (κ1) is 30.3. The van der Waals surface area contributed by atoms with Crippen LogP contribution in [0, 0.1) is 17.6 Å². The first-order valence-corrected chi connectivity index (χ1v) is 15.0. The third-order valence-corrected chi connectivity index (χ3v) is 9.23. The Hall–Kier alpha value is -3.73. The molecule has 1 amide bonds. The van der Waals surface area contributed by atoms with Crippen molar-refractivity contribution >= 4 is 51.7 Å². The van der Waals surface area contributed by atoms with Crippen molar-refractivity contribution in [1.82, 2.24) is 15.1 Å². The van der Waals surface area contributed by atoms with E-state index in [0.717, 1.165) is 18.9 Å². The number of fused-ring (bicyclic) bond motifs is 1. The summed E-state index contributed by atoms with van der Waals surface area (Å²) in [6, 6.07) is 13.8. The normalized spacial score (nSPS) is 21.9. The number of hydrogen-bond donors (Lipinski definition) is 2. The second-order valence-corrected chi connectivity index (χ2v) is 12.3. The summed E-state index contributed by atoms with van der Waals surface area (Å²) in [7, 11) is 1.17. The summed E-state index contributed by atoms with van der Waals surface area (Å²) in [4.78, 5) is 28.5. The van der Waals surface area contributed by atoms with Crippen LogP contribution in [0.3, 0.4) is 0 Å². The van der Waals surface area contributed by atoms with Gasteiger partial charge in [0.2, 0.25) is 11.8 Å². The third kappa shape index (κ3) is 5.62. The number of carbonyl (C=O) groups is 2. The van der Waals surface area contributed by atoms with E-state index in [2.05, 4.69) is 20.4 Å². The Morgan fingerprint density at radius 2 is 1.91 bits per heavy atom. The number of methoxy groups -OCH3 is 1. The number of anilines is 1. The van der Waals surface area contributed by atoms with Gasteiger partial charge in [-0.2, -0.15) is 5.10 Å². The van der Waals surface area contributed by atoms with E-state index in [4.69, 9.17) is 32.7 Å². The number of amides is 1. The molecule has 0 unspecified atom stereocenters. The minimum atomic E-state index is -1.19. The van der Waals surface area contributed by atoms with E-state index in [-0.39, 0.29) is 40.5 Å². The summed E-state index contributed by atoms with van der Waals surface area (Å²) in [6.07, 6.45) is 2.44. The molecule has 3 aromatic carbocycles. The third-order valence-electron chi connectivity index (χ3n) is 8.71. The smallest absolute Gasteiger partial charge is 0.340 e. The van der Waals surface area contributed by atoms with E-state index in [1.807, 2.05) is 6.92 Å². The van der Waals surface area contributed by atoms with Gasteiger partial charge in [-0.15, -0.1) is 0 Å². The van der Waals surface area contributed by atoms with Crippen molar-refractivity contribution in [2.45, 2.75) is 43.7 Å². The zero-order valence-electron chi connectivity index (χ0n) is 24.0. The summed E-state index contributed by atoms with van der Waals surface area (Å²) in [5, 5.41) is 10.8. The van der Waals surface area contributed by atoms with Gasteiger partial charge >= 0.3 is 5.97 Å². The molecule has 2 heterocycles. The molecule has 1 aliphatic carbocycles. The SMILES string of the molecule is COC(=O)c1cc2c(OC[C@H]3C[C@H](c4cccc(Cl)c4F)[C@](C)(C(=O)Nc4cccc(Cl)c4)N3CC3CC3)[nH]nc2cc1F. The van der Waals surface area contributed by atoms with E-state index >= 15 is 4.39 Å². The van der Waals surface area contributed by atoms with Gasteiger partial charge in [-0.25, -0.2) is 18.7 Å². The number of aromatic nitrogens is 2. The second kappa shape index (κ2) is 12.0. The molecule has 0 bridgehead atoms. The standard InChI is InChI=1S/C32H30Cl2F2N4O4/c1-32(31(42)37-19-6-3-5-18(33)11-19)24(21-7-4-8-25(34)28(21)36)12-20(40(32)15-17-9-10-17)16-44-29-23-13-22(30(41)43-2)26(35)14-27(23)38-39-29/h3-8,11,13-14,17,20,24H,9-10,12,15-16H2,1-2H3,(H,37,42)(H,38,39)/t20-,24-,32-/m1/s1. The fourth-order valence-electron chi connectivity index (χ4n) is 6.18. The first-order chi connectivity index (χ1) is 21.1. The fourth-order valence-corrected chi connectivity index (χ4v) is 6.55. The number of nitrogens with one attached hydrogen (secondary N) is 2. The summed E-state index contributed by atoms with van der Waals surface area (Å²) in [5.74, 6) is -2.41. The van der Waals surface area contributed by atoms with Crippen LogP contribution in [0.5, 0.6) is 5.88 Å². The second-order valence-electron chi connectivity index (χ2n) is 11.5. The van der Waals surface area contributed by atoms with Gasteiger partial charge in [0, 0.05) is 35.3 Å². The molecule has 1 saturated heterocycles. The van der Waals surface area contributed by atoms with Crippen LogP contribution in [0.4, 0.5) is 14.5 Å². The molecular formula is C32H30Cl2F2N4O4. The number of rotatable bonds is 9. The maximum Gasteiger partial charge on any atom is 0.340 e. The Bertz CT molecular complexity index is 1750. The predicted octanol–water partition coefficient (Wildman–Crippen LogP) is 6.98. The lowest BCUT2D eigenvalue weighted by Gasteiger charge is -2.40. The van der Waals surface area contributed by atoms with Crippen LogP contribution >= 0.6 is 23.2 Å². The molecular weight excluding hydrogens is 613 g/mol. The van der Waals surface area contributed by atoms with Gasteiger partial charge in [0.1, 0.15) is 23.8 Å². The van der Waals surface area contributed by atoms with Crippen LogP contribution in [0.2, 0.25) is 10.0 Å². The van der Waals surface area contributed by atoms with E-state index in [9.17, 15) is 14.0 Å². The minimum absolute atomic E-state index is 0.0221. The number of halogens is 4. The average Bonchev–Trinajstić information content (AvgIpc) is 3.68. The molecule has 230 valence electrons. The van der Waals surface area contributed by atoms with Crippen molar-refractivity contribution in [1.29, 1.82) is 0 Å². The maximum absolute atomic E-state index is 15.6. The molecule has 3 atom stereocenters. The van der Waals surface area contributed by atoms with Crippen molar-refractivity contribution in [2.75, 3.05) is 25.6 Å². The lowest BCUT2D eigenvalue weighted by atomic mass is 9.79. The van der Waals surface area contributed by atoms with Crippen LogP contribution in [-0.2, 0) is 9.53 Å². The van der Waals surface area contributed by atoms with E-state index < -0.39 is 29.1 Å². The lowest BCUT2D eigenvalue weighted by Crippen LogP contribution is -2.57. The topological polar surface area (TPSA) is 96.5 Å². The maximum atomic E-state index is 15.6. The highest BCUT2D eigenvalue weighted by molar-refractivity contribution is 6.31. The Morgan fingerprint density at radius 3 is 2.64 bits per heavy atom. The number of nitrogens with zero attached hydrogens (tertiary/aromatic N) is 2. The molecule has 8 nitrogen and oxygen atoms in total. The lowest BCUT2D eigenvalue weighted by molar-refractivity contribution is -0.127. The van der Waals surface area contributed by atoms with Crippen molar-refractivity contribution in [2.24, 2.45) is 5.92 Å². The van der Waals surface area contributed by atoms with Gasteiger partial charge in [0.25, 0.3) is 0 Å². The predicted molar refractivity (Wildman–Crippen MR) is 163 cm³/mol. The van der Waals surface area contributed by atoms with Crippen molar-refractivity contribution < 1.29 is 27.8 Å². The Labute approximate surface area is 262 Å². The highest BCUT2D eigenvalue weighted by Crippen LogP contribution is 2.49.